The normalized spacial score (nSPS) is 11.9. The van der Waals surface area contributed by atoms with Gasteiger partial charge in [-0.1, -0.05) is 11.8 Å². The Balaban J connectivity index is 2.28. The predicted octanol–water partition coefficient (Wildman–Crippen LogP) is 2.49. The molecule has 1 aromatic heterocycles. The summed E-state index contributed by atoms with van der Waals surface area (Å²) in [5.41, 5.74) is 0.965. The number of benzene rings is 1. The van der Waals surface area contributed by atoms with Crippen molar-refractivity contribution < 1.29 is 4.74 Å². The molecule has 0 bridgehead atoms. The van der Waals surface area contributed by atoms with Crippen LogP contribution in [0.15, 0.2) is 29.4 Å². The lowest BCUT2D eigenvalue weighted by Crippen LogP contribution is -1.98. The second kappa shape index (κ2) is 5.76. The number of hydrogen-bond donors (Lipinski definition) is 0. The fourth-order valence-electron chi connectivity index (χ4n) is 1.59. The molecule has 6 heteroatoms. The lowest BCUT2D eigenvalue weighted by Gasteiger charge is -2.05. The molecule has 0 saturated carbocycles. The Morgan fingerprint density at radius 3 is 2.58 bits per heavy atom. The number of nitriles is 1. The highest BCUT2D eigenvalue weighted by molar-refractivity contribution is 8.00. The summed E-state index contributed by atoms with van der Waals surface area (Å²) in [7, 11) is 3.53. The van der Waals surface area contributed by atoms with E-state index in [9.17, 15) is 0 Å². The first-order valence-electron chi connectivity index (χ1n) is 5.75. The minimum absolute atomic E-state index is 0.147. The maximum atomic E-state index is 8.83. The Morgan fingerprint density at radius 2 is 2.00 bits per heavy atom. The van der Waals surface area contributed by atoms with Crippen LogP contribution in [0.2, 0.25) is 0 Å². The molecule has 0 fully saturated rings. The molecule has 98 valence electrons. The Labute approximate surface area is 116 Å². The lowest BCUT2D eigenvalue weighted by atomic mass is 10.2. The highest BCUT2D eigenvalue weighted by Crippen LogP contribution is 2.26. The minimum atomic E-state index is -0.147. The molecule has 5 nitrogen and oxygen atoms in total. The van der Waals surface area contributed by atoms with E-state index >= 15 is 0 Å². The van der Waals surface area contributed by atoms with E-state index in [1.807, 2.05) is 42.8 Å². The predicted molar refractivity (Wildman–Crippen MR) is 73.9 cm³/mol. The smallest absolute Gasteiger partial charge is 0.192 e. The molecule has 2 rings (SSSR count). The molecule has 0 unspecified atom stereocenters. The summed E-state index contributed by atoms with van der Waals surface area (Å²) in [6, 6.07) is 9.81. The molecule has 0 aliphatic rings. The summed E-state index contributed by atoms with van der Waals surface area (Å²) in [5, 5.41) is 17.7. The largest absolute Gasteiger partial charge is 0.497 e. The second-order valence-electron chi connectivity index (χ2n) is 3.98. The molecule has 1 atom stereocenters. The van der Waals surface area contributed by atoms with E-state index in [0.29, 0.717) is 0 Å². The fraction of sp³-hybridized carbons (Fsp3) is 0.308. The van der Waals surface area contributed by atoms with Gasteiger partial charge in [-0.3, -0.25) is 0 Å². The van der Waals surface area contributed by atoms with Gasteiger partial charge in [0.25, 0.3) is 0 Å². The Hall–Kier alpha value is -2.00. The van der Waals surface area contributed by atoms with Crippen LogP contribution in [0.25, 0.3) is 11.4 Å². The third-order valence-electron chi connectivity index (χ3n) is 2.65. The first-order valence-corrected chi connectivity index (χ1v) is 6.63. The van der Waals surface area contributed by atoms with Gasteiger partial charge in [-0.15, -0.1) is 10.2 Å². The molecule has 0 spiro atoms. The first-order chi connectivity index (χ1) is 9.15. The van der Waals surface area contributed by atoms with E-state index < -0.39 is 0 Å². The van der Waals surface area contributed by atoms with Crippen LogP contribution >= 0.6 is 11.8 Å². The molecular weight excluding hydrogens is 260 g/mol. The maximum Gasteiger partial charge on any atom is 0.192 e. The van der Waals surface area contributed by atoms with E-state index in [1.54, 1.807) is 7.11 Å². The Bertz CT molecular complexity index is 600. The van der Waals surface area contributed by atoms with Crippen LogP contribution in [0.3, 0.4) is 0 Å². The van der Waals surface area contributed by atoms with E-state index in [1.165, 1.54) is 11.8 Å². The van der Waals surface area contributed by atoms with E-state index in [4.69, 9.17) is 10.00 Å². The average Bonchev–Trinajstić information content (AvgIpc) is 2.80. The summed E-state index contributed by atoms with van der Waals surface area (Å²) < 4.78 is 7.01. The molecule has 2 aromatic rings. The van der Waals surface area contributed by atoms with E-state index in [0.717, 1.165) is 22.3 Å². The van der Waals surface area contributed by atoms with Crippen molar-refractivity contribution in [1.29, 1.82) is 5.26 Å². The van der Waals surface area contributed by atoms with Gasteiger partial charge in [-0.25, -0.2) is 0 Å². The van der Waals surface area contributed by atoms with Crippen molar-refractivity contribution in [2.45, 2.75) is 17.3 Å². The van der Waals surface area contributed by atoms with Crippen molar-refractivity contribution in [1.82, 2.24) is 14.8 Å². The minimum Gasteiger partial charge on any atom is -0.497 e. The van der Waals surface area contributed by atoms with Gasteiger partial charge in [0.05, 0.1) is 18.4 Å². The fourth-order valence-corrected chi connectivity index (χ4v) is 2.29. The van der Waals surface area contributed by atoms with Gasteiger partial charge in [0.15, 0.2) is 11.0 Å². The van der Waals surface area contributed by atoms with Crippen LogP contribution in [0.1, 0.15) is 6.92 Å². The van der Waals surface area contributed by atoms with E-state index in [2.05, 4.69) is 16.3 Å². The number of nitrogens with zero attached hydrogens (tertiary/aromatic N) is 4. The monoisotopic (exact) mass is 274 g/mol. The van der Waals surface area contributed by atoms with Gasteiger partial charge in [-0.05, 0) is 31.2 Å². The van der Waals surface area contributed by atoms with Crippen molar-refractivity contribution in [3.8, 4) is 23.2 Å². The third kappa shape index (κ3) is 2.88. The van der Waals surface area contributed by atoms with Crippen LogP contribution in [-0.4, -0.2) is 27.1 Å². The quantitative estimate of drug-likeness (QED) is 0.801. The van der Waals surface area contributed by atoms with Gasteiger partial charge >= 0.3 is 0 Å². The van der Waals surface area contributed by atoms with Crippen LogP contribution in [-0.2, 0) is 7.05 Å². The average molecular weight is 274 g/mol. The van der Waals surface area contributed by atoms with E-state index in [-0.39, 0.29) is 5.25 Å². The Morgan fingerprint density at radius 1 is 1.32 bits per heavy atom. The van der Waals surface area contributed by atoms with Gasteiger partial charge in [0, 0.05) is 12.6 Å². The van der Waals surface area contributed by atoms with Crippen molar-refractivity contribution in [3.05, 3.63) is 24.3 Å². The number of ether oxygens (including phenoxy) is 1. The van der Waals surface area contributed by atoms with Crippen molar-refractivity contribution >= 4 is 11.8 Å². The number of thioether (sulfide) groups is 1. The number of rotatable bonds is 4. The Kier molecular flexibility index (Phi) is 4.07. The standard InChI is InChI=1S/C13H14N4OS/c1-9(8-14)19-13-16-15-12(17(13)2)10-4-6-11(18-3)7-5-10/h4-7,9H,1-3H3/t9-/m1/s1. The van der Waals surface area contributed by atoms with Gasteiger partial charge in [-0.2, -0.15) is 5.26 Å². The molecule has 0 radical (unpaired) electrons. The number of aromatic nitrogens is 3. The van der Waals surface area contributed by atoms with Gasteiger partial charge in [0.2, 0.25) is 0 Å². The summed E-state index contributed by atoms with van der Waals surface area (Å²) >= 11 is 1.40. The van der Waals surface area contributed by atoms with Crippen molar-refractivity contribution in [2.24, 2.45) is 7.05 Å². The van der Waals surface area contributed by atoms with Crippen molar-refractivity contribution in [3.63, 3.8) is 0 Å². The zero-order valence-electron chi connectivity index (χ0n) is 11.0. The zero-order valence-corrected chi connectivity index (χ0v) is 11.8. The molecule has 0 saturated heterocycles. The molecule has 1 heterocycles. The summed E-state index contributed by atoms with van der Waals surface area (Å²) in [4.78, 5) is 0. The number of hydrogen-bond acceptors (Lipinski definition) is 5. The molecular formula is C13H14N4OS. The maximum absolute atomic E-state index is 8.83. The highest BCUT2D eigenvalue weighted by Gasteiger charge is 2.13. The van der Waals surface area contributed by atoms with Gasteiger partial charge < -0.3 is 9.30 Å². The van der Waals surface area contributed by atoms with Crippen LogP contribution in [0, 0.1) is 11.3 Å². The van der Waals surface area contributed by atoms with Gasteiger partial charge in [0.1, 0.15) is 5.75 Å². The highest BCUT2D eigenvalue weighted by atomic mass is 32.2. The summed E-state index contributed by atoms with van der Waals surface area (Å²) in [6.07, 6.45) is 0. The third-order valence-corrected chi connectivity index (χ3v) is 3.67. The number of methoxy groups -OCH3 is 1. The zero-order chi connectivity index (χ0) is 13.8. The molecule has 0 N–H and O–H groups in total. The topological polar surface area (TPSA) is 63.7 Å². The SMILES string of the molecule is COc1ccc(-c2nnc(S[C@H](C)C#N)n2C)cc1. The lowest BCUT2D eigenvalue weighted by molar-refractivity contribution is 0.415. The second-order valence-corrected chi connectivity index (χ2v) is 5.29. The summed E-state index contributed by atoms with van der Waals surface area (Å²) in [6.45, 7) is 1.84. The molecule has 0 aliphatic carbocycles. The molecule has 19 heavy (non-hydrogen) atoms. The molecule has 0 aliphatic heterocycles. The summed E-state index contributed by atoms with van der Waals surface area (Å²) in [5.74, 6) is 1.58. The van der Waals surface area contributed by atoms with Crippen LogP contribution < -0.4 is 4.74 Å². The molecule has 1 aromatic carbocycles. The van der Waals surface area contributed by atoms with Crippen LogP contribution in [0.5, 0.6) is 5.75 Å². The first kappa shape index (κ1) is 13.4. The van der Waals surface area contributed by atoms with Crippen LogP contribution in [0.4, 0.5) is 0 Å². The molecule has 0 amide bonds. The van der Waals surface area contributed by atoms with Crippen molar-refractivity contribution in [2.75, 3.05) is 7.11 Å².